The highest BCUT2D eigenvalue weighted by Crippen LogP contribution is 2.17. The molecule has 0 aromatic heterocycles. The van der Waals surface area contributed by atoms with Crippen LogP contribution in [0.25, 0.3) is 0 Å². The topological polar surface area (TPSA) is 177 Å². The molecule has 0 unspecified atom stereocenters. The number of hydrogen-bond acceptors (Lipinski definition) is 7. The van der Waals surface area contributed by atoms with Gasteiger partial charge in [0.2, 0.25) is 11.8 Å². The standard InChI is InChI=1S/C43H88N6O4/c1-2-3-4-5-6-7-8-9-10-11-12-13-14-15-16-17-18-19-20-21-22-23-24-25-26-27-37-49(40(42(46)52)38-41(50)51)43(53)39(48-36-30-33-45)31-28-34-47-35-29-32-44/h39-40,47-48H,2-38,44-45H2,1H3,(H2,46,52)(H,50,51)/t39-,40-/m0/s1. The second-order valence-electron chi connectivity index (χ2n) is 15.6. The van der Waals surface area contributed by atoms with E-state index in [9.17, 15) is 19.5 Å². The highest BCUT2D eigenvalue weighted by atomic mass is 16.4. The van der Waals surface area contributed by atoms with Gasteiger partial charge in [-0.15, -0.1) is 0 Å². The summed E-state index contributed by atoms with van der Waals surface area (Å²) in [5.41, 5.74) is 16.9. The van der Waals surface area contributed by atoms with Crippen molar-refractivity contribution < 1.29 is 19.5 Å². The Labute approximate surface area is 326 Å². The molecule has 0 aliphatic rings. The van der Waals surface area contributed by atoms with Crippen molar-refractivity contribution >= 4 is 17.8 Å². The van der Waals surface area contributed by atoms with Crippen LogP contribution in [0.15, 0.2) is 0 Å². The van der Waals surface area contributed by atoms with E-state index in [-0.39, 0.29) is 5.91 Å². The summed E-state index contributed by atoms with van der Waals surface area (Å²) in [5.74, 6) is -2.18. The van der Waals surface area contributed by atoms with E-state index in [1.54, 1.807) is 0 Å². The van der Waals surface area contributed by atoms with Crippen LogP contribution in [0.2, 0.25) is 0 Å². The van der Waals surface area contributed by atoms with Crippen molar-refractivity contribution in [1.82, 2.24) is 15.5 Å². The number of carbonyl (C=O) groups is 3. The fourth-order valence-corrected chi connectivity index (χ4v) is 7.22. The number of aliphatic carboxylic acids is 1. The van der Waals surface area contributed by atoms with Crippen molar-refractivity contribution in [2.75, 3.05) is 39.3 Å². The maximum absolute atomic E-state index is 13.8. The van der Waals surface area contributed by atoms with E-state index < -0.39 is 30.4 Å². The third kappa shape index (κ3) is 33.3. The van der Waals surface area contributed by atoms with Gasteiger partial charge in [0.1, 0.15) is 6.04 Å². The SMILES string of the molecule is CCCCCCCCCCCCCCCCCCCCCCCCCCCCN(C(=O)[C@H](CCCNCCCN)NCCCN)[C@@H](CC(=O)O)C(N)=O. The number of rotatable bonds is 43. The van der Waals surface area contributed by atoms with Crippen molar-refractivity contribution in [3.05, 3.63) is 0 Å². The molecule has 0 radical (unpaired) electrons. The number of unbranched alkanes of at least 4 members (excludes halogenated alkanes) is 25. The fourth-order valence-electron chi connectivity index (χ4n) is 7.22. The zero-order valence-electron chi connectivity index (χ0n) is 34.7. The Bertz CT molecular complexity index is 833. The molecule has 0 saturated heterocycles. The van der Waals surface area contributed by atoms with Crippen molar-refractivity contribution in [3.8, 4) is 0 Å². The second-order valence-corrected chi connectivity index (χ2v) is 15.6. The van der Waals surface area contributed by atoms with Gasteiger partial charge in [-0.05, 0) is 64.8 Å². The van der Waals surface area contributed by atoms with E-state index in [0.29, 0.717) is 45.4 Å². The first-order chi connectivity index (χ1) is 25.9. The monoisotopic (exact) mass is 753 g/mol. The molecule has 10 heteroatoms. The third-order valence-electron chi connectivity index (χ3n) is 10.6. The summed E-state index contributed by atoms with van der Waals surface area (Å²) in [6, 6.07) is -1.70. The zero-order valence-corrected chi connectivity index (χ0v) is 34.7. The number of carbonyl (C=O) groups excluding carboxylic acids is 2. The van der Waals surface area contributed by atoms with E-state index in [4.69, 9.17) is 17.2 Å². The average Bonchev–Trinajstić information content (AvgIpc) is 3.14. The largest absolute Gasteiger partial charge is 0.481 e. The lowest BCUT2D eigenvalue weighted by Crippen LogP contribution is -2.55. The first-order valence-corrected chi connectivity index (χ1v) is 22.5. The van der Waals surface area contributed by atoms with Gasteiger partial charge in [-0.2, -0.15) is 0 Å². The van der Waals surface area contributed by atoms with Gasteiger partial charge in [-0.3, -0.25) is 14.4 Å². The number of carboxylic acid groups (broad SMARTS) is 1. The predicted octanol–water partition coefficient (Wildman–Crippen LogP) is 8.33. The summed E-state index contributed by atoms with van der Waals surface area (Å²) in [4.78, 5) is 39.2. The summed E-state index contributed by atoms with van der Waals surface area (Å²) in [6.07, 6.45) is 36.9. The predicted molar refractivity (Wildman–Crippen MR) is 224 cm³/mol. The maximum atomic E-state index is 13.8. The quantitative estimate of drug-likeness (QED) is 0.0337. The van der Waals surface area contributed by atoms with Crippen LogP contribution in [0, 0.1) is 0 Å². The molecular weight excluding hydrogens is 665 g/mol. The molecule has 0 heterocycles. The van der Waals surface area contributed by atoms with Crippen LogP contribution < -0.4 is 27.8 Å². The summed E-state index contributed by atoms with van der Waals surface area (Å²) in [5, 5.41) is 16.1. The number of nitrogens with one attached hydrogen (secondary N) is 2. The van der Waals surface area contributed by atoms with Crippen LogP contribution in [0.1, 0.15) is 206 Å². The lowest BCUT2D eigenvalue weighted by atomic mass is 10.0. The molecule has 10 nitrogen and oxygen atoms in total. The highest BCUT2D eigenvalue weighted by molar-refractivity contribution is 5.91. The van der Waals surface area contributed by atoms with Gasteiger partial charge in [-0.1, -0.05) is 167 Å². The third-order valence-corrected chi connectivity index (χ3v) is 10.6. The Morgan fingerprint density at radius 3 is 1.30 bits per heavy atom. The van der Waals surface area contributed by atoms with Gasteiger partial charge in [0.25, 0.3) is 0 Å². The lowest BCUT2D eigenvalue weighted by molar-refractivity contribution is -0.146. The van der Waals surface area contributed by atoms with Crippen LogP contribution in [0.5, 0.6) is 0 Å². The van der Waals surface area contributed by atoms with Crippen molar-refractivity contribution in [2.45, 2.75) is 218 Å². The zero-order chi connectivity index (χ0) is 39.0. The molecule has 0 bridgehead atoms. The highest BCUT2D eigenvalue weighted by Gasteiger charge is 2.33. The fraction of sp³-hybridized carbons (Fsp3) is 0.930. The first kappa shape index (κ1) is 51.2. The molecule has 314 valence electrons. The maximum Gasteiger partial charge on any atom is 0.305 e. The minimum absolute atomic E-state index is 0.256. The van der Waals surface area contributed by atoms with Crippen LogP contribution in [-0.4, -0.2) is 79.1 Å². The molecule has 0 aliphatic carbocycles. The molecule has 9 N–H and O–H groups in total. The summed E-state index contributed by atoms with van der Waals surface area (Å²) in [7, 11) is 0. The van der Waals surface area contributed by atoms with Gasteiger partial charge < -0.3 is 37.8 Å². The Morgan fingerprint density at radius 1 is 0.547 bits per heavy atom. The van der Waals surface area contributed by atoms with Gasteiger partial charge in [0.05, 0.1) is 12.5 Å². The van der Waals surface area contributed by atoms with Crippen molar-refractivity contribution in [1.29, 1.82) is 0 Å². The minimum atomic E-state index is -1.17. The van der Waals surface area contributed by atoms with Gasteiger partial charge in [0.15, 0.2) is 0 Å². The van der Waals surface area contributed by atoms with E-state index >= 15 is 0 Å². The Balaban J connectivity index is 4.16. The van der Waals surface area contributed by atoms with Crippen LogP contribution in [-0.2, 0) is 14.4 Å². The molecule has 0 rings (SSSR count). The molecule has 53 heavy (non-hydrogen) atoms. The number of hydrogen-bond donors (Lipinski definition) is 6. The molecule has 2 atom stereocenters. The molecule has 0 saturated carbocycles. The average molecular weight is 753 g/mol. The molecule has 0 aromatic carbocycles. The molecule has 0 fully saturated rings. The van der Waals surface area contributed by atoms with Gasteiger partial charge >= 0.3 is 5.97 Å². The van der Waals surface area contributed by atoms with E-state index in [0.717, 1.165) is 45.2 Å². The molecule has 2 amide bonds. The van der Waals surface area contributed by atoms with Crippen molar-refractivity contribution in [3.63, 3.8) is 0 Å². The number of amides is 2. The molecule has 0 aromatic rings. The number of nitrogens with two attached hydrogens (primary N) is 3. The summed E-state index contributed by atoms with van der Waals surface area (Å²) >= 11 is 0. The summed E-state index contributed by atoms with van der Waals surface area (Å²) in [6.45, 7) is 5.88. The lowest BCUT2D eigenvalue weighted by Gasteiger charge is -2.33. The molecule has 0 aliphatic heterocycles. The van der Waals surface area contributed by atoms with Crippen LogP contribution in [0.3, 0.4) is 0 Å². The van der Waals surface area contributed by atoms with Crippen LogP contribution >= 0.6 is 0 Å². The minimum Gasteiger partial charge on any atom is -0.481 e. The Kier molecular flexibility index (Phi) is 38.6. The normalized spacial score (nSPS) is 12.6. The number of nitrogens with zero attached hydrogens (tertiary/aromatic N) is 1. The van der Waals surface area contributed by atoms with E-state index in [2.05, 4.69) is 17.6 Å². The number of carboxylic acids is 1. The first-order valence-electron chi connectivity index (χ1n) is 22.5. The van der Waals surface area contributed by atoms with E-state index in [1.165, 1.54) is 146 Å². The van der Waals surface area contributed by atoms with Crippen LogP contribution in [0.4, 0.5) is 0 Å². The van der Waals surface area contributed by atoms with E-state index in [1.807, 2.05) is 0 Å². The van der Waals surface area contributed by atoms with Crippen molar-refractivity contribution in [2.24, 2.45) is 17.2 Å². The number of primary amides is 1. The Hall–Kier alpha value is -1.75. The molecular formula is C43H88N6O4. The molecule has 0 spiro atoms. The smallest absolute Gasteiger partial charge is 0.305 e. The van der Waals surface area contributed by atoms with Gasteiger partial charge in [0, 0.05) is 6.54 Å². The van der Waals surface area contributed by atoms with Gasteiger partial charge in [-0.25, -0.2) is 0 Å². The summed E-state index contributed by atoms with van der Waals surface area (Å²) < 4.78 is 0. The second kappa shape index (κ2) is 39.9. The Morgan fingerprint density at radius 2 is 0.925 bits per heavy atom.